The van der Waals surface area contributed by atoms with Crippen molar-refractivity contribution in [2.45, 2.75) is 5.54 Å². The second kappa shape index (κ2) is 5.37. The summed E-state index contributed by atoms with van der Waals surface area (Å²) in [6.45, 7) is 0. The lowest BCUT2D eigenvalue weighted by atomic mass is 9.81. The van der Waals surface area contributed by atoms with E-state index in [0.717, 1.165) is 16.3 Å². The molecule has 1 heterocycles. The molecule has 0 aliphatic carbocycles. The van der Waals surface area contributed by atoms with E-state index in [0.29, 0.717) is 0 Å². The number of aliphatic imine (C=N–C) groups is 1. The summed E-state index contributed by atoms with van der Waals surface area (Å²) in [6, 6.07) is 19.7. The van der Waals surface area contributed by atoms with E-state index in [-0.39, 0.29) is 5.91 Å². The van der Waals surface area contributed by atoms with Crippen molar-refractivity contribution < 1.29 is 4.79 Å². The Balaban J connectivity index is 2.26. The van der Waals surface area contributed by atoms with Crippen LogP contribution in [0.15, 0.2) is 65.7 Å². The molecular formula is C17H16N2OS. The van der Waals surface area contributed by atoms with Gasteiger partial charge in [0.2, 0.25) is 0 Å². The van der Waals surface area contributed by atoms with Gasteiger partial charge in [-0.05, 0) is 17.4 Å². The van der Waals surface area contributed by atoms with E-state index in [9.17, 15) is 4.79 Å². The molecule has 106 valence electrons. The van der Waals surface area contributed by atoms with Gasteiger partial charge in [0, 0.05) is 7.05 Å². The Hall–Kier alpha value is -2.07. The van der Waals surface area contributed by atoms with Gasteiger partial charge >= 0.3 is 0 Å². The quantitative estimate of drug-likeness (QED) is 0.853. The second-order valence-electron chi connectivity index (χ2n) is 4.91. The fourth-order valence-corrected chi connectivity index (χ4v) is 3.46. The average Bonchev–Trinajstić information content (AvgIpc) is 2.80. The molecule has 2 aromatic carbocycles. The molecule has 1 amide bonds. The number of amidine groups is 1. The van der Waals surface area contributed by atoms with Gasteiger partial charge in [-0.25, -0.2) is 0 Å². The van der Waals surface area contributed by atoms with Crippen molar-refractivity contribution in [3.8, 4) is 0 Å². The van der Waals surface area contributed by atoms with Crippen LogP contribution in [-0.2, 0) is 10.3 Å². The number of carbonyl (C=O) groups is 1. The van der Waals surface area contributed by atoms with E-state index >= 15 is 0 Å². The normalized spacial score (nSPS) is 17.0. The Morgan fingerprint density at radius 3 is 1.81 bits per heavy atom. The highest BCUT2D eigenvalue weighted by molar-refractivity contribution is 8.13. The average molecular weight is 296 g/mol. The summed E-state index contributed by atoms with van der Waals surface area (Å²) in [5.74, 6) is -0.133. The molecule has 0 bridgehead atoms. The zero-order valence-corrected chi connectivity index (χ0v) is 12.8. The summed E-state index contributed by atoms with van der Waals surface area (Å²) < 4.78 is 0. The number of thioether (sulfide) groups is 1. The van der Waals surface area contributed by atoms with E-state index in [2.05, 4.69) is 4.99 Å². The molecule has 1 aliphatic rings. The molecule has 0 aromatic heterocycles. The van der Waals surface area contributed by atoms with E-state index in [4.69, 9.17) is 0 Å². The number of carbonyl (C=O) groups excluding carboxylic acids is 1. The highest BCUT2D eigenvalue weighted by Gasteiger charge is 2.51. The molecule has 0 saturated carbocycles. The molecule has 0 N–H and O–H groups in total. The Morgan fingerprint density at radius 2 is 1.43 bits per heavy atom. The summed E-state index contributed by atoms with van der Waals surface area (Å²) in [7, 11) is 1.93. The lowest BCUT2D eigenvalue weighted by Crippen LogP contribution is -2.47. The number of likely N-dealkylation sites (N-methyl/N-ethyl adjacent to an activating group) is 1. The molecule has 0 spiro atoms. The van der Waals surface area contributed by atoms with Crippen LogP contribution < -0.4 is 0 Å². The maximum absolute atomic E-state index is 12.8. The summed E-state index contributed by atoms with van der Waals surface area (Å²) >= 11 is 1.49. The van der Waals surface area contributed by atoms with Gasteiger partial charge < -0.3 is 4.90 Å². The van der Waals surface area contributed by atoms with Crippen molar-refractivity contribution in [1.82, 2.24) is 4.90 Å². The zero-order valence-electron chi connectivity index (χ0n) is 12.0. The predicted octanol–water partition coefficient (Wildman–Crippen LogP) is 3.12. The SMILES string of the molecule is CSC1=NC(=O)C(c2ccccc2)(c2ccccc2)N1C. The molecule has 1 aliphatic heterocycles. The monoisotopic (exact) mass is 296 g/mol. The lowest BCUT2D eigenvalue weighted by Gasteiger charge is -2.36. The first kappa shape index (κ1) is 13.9. The van der Waals surface area contributed by atoms with Crippen LogP contribution in [0.4, 0.5) is 0 Å². The van der Waals surface area contributed by atoms with Crippen LogP contribution in [0, 0.1) is 0 Å². The minimum Gasteiger partial charge on any atom is -0.332 e. The number of nitrogens with zero attached hydrogens (tertiary/aromatic N) is 2. The van der Waals surface area contributed by atoms with Crippen molar-refractivity contribution in [3.05, 3.63) is 71.8 Å². The Labute approximate surface area is 128 Å². The van der Waals surface area contributed by atoms with E-state index in [1.807, 2.05) is 78.9 Å². The number of hydrogen-bond acceptors (Lipinski definition) is 3. The van der Waals surface area contributed by atoms with Crippen LogP contribution >= 0.6 is 11.8 Å². The third-order valence-electron chi connectivity index (χ3n) is 3.86. The van der Waals surface area contributed by atoms with Crippen molar-refractivity contribution in [3.63, 3.8) is 0 Å². The van der Waals surface area contributed by atoms with Crippen molar-refractivity contribution in [2.24, 2.45) is 4.99 Å². The van der Waals surface area contributed by atoms with Gasteiger partial charge in [0.1, 0.15) is 0 Å². The molecule has 3 rings (SSSR count). The van der Waals surface area contributed by atoms with Gasteiger partial charge in [-0.15, -0.1) is 0 Å². The van der Waals surface area contributed by atoms with Crippen LogP contribution in [-0.4, -0.2) is 29.3 Å². The number of benzene rings is 2. The largest absolute Gasteiger partial charge is 0.332 e. The fraction of sp³-hybridized carbons (Fsp3) is 0.176. The van der Waals surface area contributed by atoms with Gasteiger partial charge in [0.15, 0.2) is 10.7 Å². The summed E-state index contributed by atoms with van der Waals surface area (Å²) in [4.78, 5) is 19.1. The van der Waals surface area contributed by atoms with Gasteiger partial charge in [-0.3, -0.25) is 4.79 Å². The second-order valence-corrected chi connectivity index (χ2v) is 5.68. The predicted molar refractivity (Wildman–Crippen MR) is 87.4 cm³/mol. The topological polar surface area (TPSA) is 32.7 Å². The highest BCUT2D eigenvalue weighted by atomic mass is 32.2. The maximum Gasteiger partial charge on any atom is 0.283 e. The molecule has 0 fully saturated rings. The molecule has 0 radical (unpaired) electrons. The first-order valence-electron chi connectivity index (χ1n) is 6.73. The van der Waals surface area contributed by atoms with E-state index < -0.39 is 5.54 Å². The third-order valence-corrected chi connectivity index (χ3v) is 4.59. The summed E-state index contributed by atoms with van der Waals surface area (Å²) in [5, 5.41) is 0.743. The maximum atomic E-state index is 12.8. The lowest BCUT2D eigenvalue weighted by molar-refractivity contribution is -0.123. The van der Waals surface area contributed by atoms with Crippen LogP contribution in [0.2, 0.25) is 0 Å². The summed E-state index contributed by atoms with van der Waals surface area (Å²) in [6.07, 6.45) is 1.94. The van der Waals surface area contributed by atoms with Gasteiger partial charge in [0.05, 0.1) is 0 Å². The van der Waals surface area contributed by atoms with Crippen LogP contribution in [0.25, 0.3) is 0 Å². The first-order chi connectivity index (χ1) is 10.2. The zero-order chi connectivity index (χ0) is 14.9. The van der Waals surface area contributed by atoms with Crippen molar-refractivity contribution in [1.29, 1.82) is 0 Å². The molecular weight excluding hydrogens is 280 g/mol. The molecule has 0 saturated heterocycles. The summed E-state index contributed by atoms with van der Waals surface area (Å²) in [5.41, 5.74) is 1.02. The van der Waals surface area contributed by atoms with E-state index in [1.165, 1.54) is 11.8 Å². The van der Waals surface area contributed by atoms with Crippen LogP contribution in [0.3, 0.4) is 0 Å². The number of amides is 1. The number of rotatable bonds is 2. The molecule has 3 nitrogen and oxygen atoms in total. The number of hydrogen-bond donors (Lipinski definition) is 0. The van der Waals surface area contributed by atoms with Gasteiger partial charge in [-0.1, -0.05) is 72.4 Å². The minimum absolute atomic E-state index is 0.133. The molecule has 21 heavy (non-hydrogen) atoms. The minimum atomic E-state index is -0.860. The fourth-order valence-electron chi connectivity index (χ4n) is 2.87. The third kappa shape index (κ3) is 1.98. The van der Waals surface area contributed by atoms with Gasteiger partial charge in [0.25, 0.3) is 5.91 Å². The Kier molecular flexibility index (Phi) is 3.55. The molecule has 0 atom stereocenters. The molecule has 0 unspecified atom stereocenters. The van der Waals surface area contributed by atoms with Gasteiger partial charge in [-0.2, -0.15) is 4.99 Å². The van der Waals surface area contributed by atoms with Crippen LogP contribution in [0.5, 0.6) is 0 Å². The first-order valence-corrected chi connectivity index (χ1v) is 7.95. The Morgan fingerprint density at radius 1 is 0.952 bits per heavy atom. The molecule has 4 heteroatoms. The molecule has 2 aromatic rings. The van der Waals surface area contributed by atoms with E-state index in [1.54, 1.807) is 0 Å². The standard InChI is InChI=1S/C17H16N2OS/c1-19-16(21-2)18-15(20)17(19,13-9-5-3-6-10-13)14-11-7-4-8-12-14/h3-12H,1-2H3. The smallest absolute Gasteiger partial charge is 0.283 e. The van der Waals surface area contributed by atoms with Crippen molar-refractivity contribution >= 4 is 22.8 Å². The van der Waals surface area contributed by atoms with Crippen molar-refractivity contribution in [2.75, 3.05) is 13.3 Å². The Bertz CT molecular complexity index is 643. The highest BCUT2D eigenvalue weighted by Crippen LogP contribution is 2.41. The van der Waals surface area contributed by atoms with Crippen LogP contribution in [0.1, 0.15) is 11.1 Å².